The monoisotopic (exact) mass is 377 g/mol. The average Bonchev–Trinajstić information content (AvgIpc) is 3.00. The van der Waals surface area contributed by atoms with Crippen molar-refractivity contribution in [3.63, 3.8) is 0 Å². The van der Waals surface area contributed by atoms with Crippen molar-refractivity contribution in [2.75, 3.05) is 7.05 Å². The third-order valence-corrected chi connectivity index (χ3v) is 7.77. The van der Waals surface area contributed by atoms with Gasteiger partial charge in [0, 0.05) is 35.6 Å². The summed E-state index contributed by atoms with van der Waals surface area (Å²) in [5.41, 5.74) is 3.34. The van der Waals surface area contributed by atoms with Gasteiger partial charge < -0.3 is 9.47 Å². The number of ether oxygens (including phenoxy) is 2. The number of fused-ring (bicyclic) bond motifs is 1. The van der Waals surface area contributed by atoms with Crippen LogP contribution in [-0.4, -0.2) is 41.4 Å². The zero-order chi connectivity index (χ0) is 19.4. The zero-order valence-corrected chi connectivity index (χ0v) is 16.3. The van der Waals surface area contributed by atoms with Gasteiger partial charge in [-0.15, -0.1) is 0 Å². The Labute approximate surface area is 164 Å². The summed E-state index contributed by atoms with van der Waals surface area (Å²) in [4.78, 5) is 27.6. The van der Waals surface area contributed by atoms with E-state index in [-0.39, 0.29) is 16.7 Å². The van der Waals surface area contributed by atoms with Crippen LogP contribution >= 0.6 is 0 Å². The molecule has 1 saturated heterocycles. The molecule has 2 heterocycles. The summed E-state index contributed by atoms with van der Waals surface area (Å²) in [5, 5.41) is 0. The number of benzene rings is 1. The second-order valence-corrected chi connectivity index (χ2v) is 9.27. The topological polar surface area (TPSA) is 55.8 Å². The van der Waals surface area contributed by atoms with E-state index in [0.29, 0.717) is 29.9 Å². The van der Waals surface area contributed by atoms with E-state index < -0.39 is 12.1 Å². The molecule has 0 radical (unpaired) electrons. The third-order valence-electron chi connectivity index (χ3n) is 7.77. The molecular weight excluding hydrogens is 354 g/mol. The molecule has 3 saturated carbocycles. The van der Waals surface area contributed by atoms with Gasteiger partial charge in [0.25, 0.3) is 0 Å². The van der Waals surface area contributed by atoms with Crippen LogP contribution < -0.4 is 9.47 Å². The van der Waals surface area contributed by atoms with Crippen molar-refractivity contribution in [3.8, 4) is 11.5 Å². The predicted molar refractivity (Wildman–Crippen MR) is 102 cm³/mol. The quantitative estimate of drug-likeness (QED) is 0.351. The summed E-state index contributed by atoms with van der Waals surface area (Å²) in [5.74, 6) is 1.31. The number of hydrogen-bond acceptors (Lipinski definition) is 5. The van der Waals surface area contributed by atoms with Gasteiger partial charge in [0.15, 0.2) is 23.4 Å². The van der Waals surface area contributed by atoms with Crippen molar-refractivity contribution < 1.29 is 19.1 Å². The van der Waals surface area contributed by atoms with Crippen molar-refractivity contribution in [2.24, 2.45) is 5.92 Å². The Kier molecular flexibility index (Phi) is 2.93. The third kappa shape index (κ3) is 1.65. The number of rotatable bonds is 3. The number of carbonyl (C=O) groups is 2. The first kappa shape index (κ1) is 16.5. The van der Waals surface area contributed by atoms with Crippen molar-refractivity contribution in [2.45, 2.75) is 56.2 Å². The minimum absolute atomic E-state index is 0.0423. The number of piperidine rings is 1. The standard InChI is InChI=1S/C23H23NO4/c1-12(2)5-4-6-17(26)27-16-8-7-13-9-14-20-22(24(14)3)10-15(25)21-23(20,11-22)18(13)19(16)28-21/h4-8,14,20-21H,9-11H2,1-3H3/b6-4+/t14-,20-,21+,22?,23-/m1/s1. The summed E-state index contributed by atoms with van der Waals surface area (Å²) in [6.07, 6.45) is 7.09. The molecule has 1 aromatic carbocycles. The number of esters is 1. The number of hydrogen-bond donors (Lipinski definition) is 0. The van der Waals surface area contributed by atoms with Crippen LogP contribution in [0.25, 0.3) is 0 Å². The largest absolute Gasteiger partial charge is 0.477 e. The van der Waals surface area contributed by atoms with Crippen LogP contribution in [0, 0.1) is 5.92 Å². The Balaban J connectivity index is 1.41. The normalized spacial score (nSPS) is 38.2. The zero-order valence-electron chi connectivity index (χ0n) is 16.3. The van der Waals surface area contributed by atoms with Crippen LogP contribution in [0.3, 0.4) is 0 Å². The predicted octanol–water partition coefficient (Wildman–Crippen LogP) is 2.71. The maximum atomic E-state index is 12.9. The minimum Gasteiger partial charge on any atom is -0.477 e. The molecule has 2 spiro atoms. The lowest BCUT2D eigenvalue weighted by molar-refractivity contribution is -0.278. The molecular formula is C23H23NO4. The Morgan fingerprint density at radius 3 is 2.96 bits per heavy atom. The van der Waals surface area contributed by atoms with E-state index in [2.05, 4.69) is 18.0 Å². The lowest BCUT2D eigenvalue weighted by atomic mass is 9.31. The fourth-order valence-electron chi connectivity index (χ4n) is 6.91. The molecule has 0 N–H and O–H groups in total. The van der Waals surface area contributed by atoms with E-state index in [0.717, 1.165) is 24.0 Å². The number of allylic oxidation sites excluding steroid dienone is 3. The van der Waals surface area contributed by atoms with Gasteiger partial charge in [-0.1, -0.05) is 23.8 Å². The van der Waals surface area contributed by atoms with E-state index in [1.807, 2.05) is 26.0 Å². The van der Waals surface area contributed by atoms with Gasteiger partial charge in [0.2, 0.25) is 0 Å². The first-order chi connectivity index (χ1) is 13.4. The van der Waals surface area contributed by atoms with Crippen molar-refractivity contribution in [3.05, 3.63) is 47.1 Å². The van der Waals surface area contributed by atoms with Gasteiger partial charge >= 0.3 is 5.97 Å². The van der Waals surface area contributed by atoms with E-state index in [4.69, 9.17) is 9.47 Å². The van der Waals surface area contributed by atoms with Crippen LogP contribution in [0.15, 0.2) is 35.9 Å². The van der Waals surface area contributed by atoms with Crippen molar-refractivity contribution >= 4 is 11.8 Å². The number of carbonyl (C=O) groups excluding carboxylic acids is 2. The highest BCUT2D eigenvalue weighted by atomic mass is 16.6. The summed E-state index contributed by atoms with van der Waals surface area (Å²) in [6, 6.07) is 4.37. The maximum absolute atomic E-state index is 12.9. The average molecular weight is 377 g/mol. The van der Waals surface area contributed by atoms with Gasteiger partial charge in [0.05, 0.1) is 5.41 Å². The molecule has 0 aromatic heterocycles. The molecule has 144 valence electrons. The van der Waals surface area contributed by atoms with Gasteiger partial charge in [-0.2, -0.15) is 0 Å². The smallest absolute Gasteiger partial charge is 0.336 e. The second kappa shape index (κ2) is 4.95. The summed E-state index contributed by atoms with van der Waals surface area (Å²) < 4.78 is 11.9. The van der Waals surface area contributed by atoms with Crippen LogP contribution in [0.1, 0.15) is 37.8 Å². The van der Waals surface area contributed by atoms with E-state index >= 15 is 0 Å². The number of likely N-dealkylation sites (N-methyl/N-ethyl adjacent to an activating group) is 1. The van der Waals surface area contributed by atoms with Crippen LogP contribution in [-0.2, 0) is 21.4 Å². The highest BCUT2D eigenvalue weighted by Crippen LogP contribution is 2.78. The first-order valence-electron chi connectivity index (χ1n) is 10.0. The highest BCUT2D eigenvalue weighted by molar-refractivity contribution is 5.94. The molecule has 5 nitrogen and oxygen atoms in total. The maximum Gasteiger partial charge on any atom is 0.336 e. The lowest BCUT2D eigenvalue weighted by Crippen LogP contribution is -2.91. The molecule has 1 unspecified atom stereocenters. The van der Waals surface area contributed by atoms with Crippen LogP contribution in [0.4, 0.5) is 0 Å². The fraction of sp³-hybridized carbons (Fsp3) is 0.478. The Hall–Kier alpha value is -2.40. The molecule has 5 atom stereocenters. The van der Waals surface area contributed by atoms with Gasteiger partial charge in [0.1, 0.15) is 0 Å². The summed E-state index contributed by atoms with van der Waals surface area (Å²) in [6.45, 7) is 3.94. The molecule has 0 amide bonds. The number of nitrogens with zero attached hydrogens (tertiary/aromatic N) is 1. The SMILES string of the molecule is CC(C)=C/C=C/C(=O)Oc1ccc2c3c1O[C@H]1C(=O)CC45C[C@]31[C@@H]4[C@@H](C2)N5C. The molecule has 4 aliphatic carbocycles. The Bertz CT molecular complexity index is 1020. The minimum atomic E-state index is -0.434. The van der Waals surface area contributed by atoms with E-state index in [9.17, 15) is 9.59 Å². The highest BCUT2D eigenvalue weighted by Gasteiger charge is 2.85. The molecule has 7 rings (SSSR count). The van der Waals surface area contributed by atoms with Gasteiger partial charge in [-0.3, -0.25) is 9.69 Å². The molecule has 28 heavy (non-hydrogen) atoms. The molecule has 5 heteroatoms. The van der Waals surface area contributed by atoms with E-state index in [1.165, 1.54) is 11.6 Å². The first-order valence-corrected chi connectivity index (χ1v) is 10.0. The fourth-order valence-corrected chi connectivity index (χ4v) is 6.91. The van der Waals surface area contributed by atoms with Gasteiger partial charge in [-0.05, 0) is 45.4 Å². The second-order valence-electron chi connectivity index (χ2n) is 9.27. The summed E-state index contributed by atoms with van der Waals surface area (Å²) in [7, 11) is 2.16. The van der Waals surface area contributed by atoms with Crippen molar-refractivity contribution in [1.29, 1.82) is 0 Å². The lowest BCUT2D eigenvalue weighted by Gasteiger charge is -2.81. The van der Waals surface area contributed by atoms with Crippen molar-refractivity contribution in [1.82, 2.24) is 4.90 Å². The molecule has 6 aliphatic rings. The number of likely N-dealkylation sites (tertiary alicyclic amines) is 1. The molecule has 2 aliphatic heterocycles. The van der Waals surface area contributed by atoms with Crippen LogP contribution in [0.2, 0.25) is 0 Å². The molecule has 1 aromatic rings. The Morgan fingerprint density at radius 2 is 2.18 bits per heavy atom. The Morgan fingerprint density at radius 1 is 1.36 bits per heavy atom. The summed E-state index contributed by atoms with van der Waals surface area (Å²) >= 11 is 0. The van der Waals surface area contributed by atoms with Crippen LogP contribution in [0.5, 0.6) is 11.5 Å². The molecule has 2 bridgehead atoms. The molecule has 4 fully saturated rings. The number of Topliss-reactive ketones (excluding diaryl/α,β-unsaturated/α-hetero) is 1. The number of ketones is 1. The van der Waals surface area contributed by atoms with Gasteiger partial charge in [-0.25, -0.2) is 4.79 Å². The van der Waals surface area contributed by atoms with E-state index in [1.54, 1.807) is 6.08 Å².